The zero-order chi connectivity index (χ0) is 14.5. The summed E-state index contributed by atoms with van der Waals surface area (Å²) in [6.45, 7) is 4.97. The van der Waals surface area contributed by atoms with Gasteiger partial charge in [0, 0.05) is 17.3 Å². The number of nitrogens with zero attached hydrogens (tertiary/aromatic N) is 1. The van der Waals surface area contributed by atoms with E-state index in [2.05, 4.69) is 10.2 Å². The predicted octanol–water partition coefficient (Wildman–Crippen LogP) is 2.26. The smallest absolute Gasteiger partial charge is 0.238 e. The molecule has 1 amide bonds. The first-order valence-electron chi connectivity index (χ1n) is 7.07. The minimum absolute atomic E-state index is 0.0214. The van der Waals surface area contributed by atoms with Gasteiger partial charge in [-0.3, -0.25) is 9.69 Å². The van der Waals surface area contributed by atoms with E-state index in [1.807, 2.05) is 19.1 Å². The maximum absolute atomic E-state index is 12.1. The Labute approximate surface area is 125 Å². The van der Waals surface area contributed by atoms with Crippen LogP contribution in [0.15, 0.2) is 18.2 Å². The largest absolute Gasteiger partial charge is 0.330 e. The molecule has 4 nitrogen and oxygen atoms in total. The van der Waals surface area contributed by atoms with Crippen LogP contribution in [0.5, 0.6) is 0 Å². The molecule has 110 valence electrons. The van der Waals surface area contributed by atoms with E-state index in [0.717, 1.165) is 30.8 Å². The Morgan fingerprint density at radius 2 is 2.35 bits per heavy atom. The molecule has 0 saturated carbocycles. The van der Waals surface area contributed by atoms with Gasteiger partial charge in [0.15, 0.2) is 0 Å². The zero-order valence-corrected chi connectivity index (χ0v) is 12.6. The number of carbonyl (C=O) groups is 1. The molecule has 1 atom stereocenters. The minimum atomic E-state index is 0.0214. The SMILES string of the molecule is Cc1cc(Cl)ccc1NC(=O)CN1CCCC(CN)C1. The van der Waals surface area contributed by atoms with Crippen molar-refractivity contribution in [3.05, 3.63) is 28.8 Å². The molecule has 5 heteroatoms. The molecule has 0 bridgehead atoms. The highest BCUT2D eigenvalue weighted by molar-refractivity contribution is 6.30. The lowest BCUT2D eigenvalue weighted by Crippen LogP contribution is -2.42. The average molecular weight is 296 g/mol. The topological polar surface area (TPSA) is 58.4 Å². The number of halogens is 1. The fraction of sp³-hybridized carbons (Fsp3) is 0.533. The highest BCUT2D eigenvalue weighted by Gasteiger charge is 2.20. The van der Waals surface area contributed by atoms with E-state index in [-0.39, 0.29) is 5.91 Å². The van der Waals surface area contributed by atoms with Gasteiger partial charge < -0.3 is 11.1 Å². The average Bonchev–Trinajstić information content (AvgIpc) is 2.42. The van der Waals surface area contributed by atoms with Crippen LogP contribution >= 0.6 is 11.6 Å². The van der Waals surface area contributed by atoms with Crippen LogP contribution in [0.25, 0.3) is 0 Å². The summed E-state index contributed by atoms with van der Waals surface area (Å²) in [5, 5.41) is 3.63. The van der Waals surface area contributed by atoms with Crippen LogP contribution in [0, 0.1) is 12.8 Å². The number of carbonyl (C=O) groups excluding carboxylic acids is 1. The molecule has 1 heterocycles. The van der Waals surface area contributed by atoms with Gasteiger partial charge in [-0.15, -0.1) is 0 Å². The van der Waals surface area contributed by atoms with Crippen LogP contribution in [0.3, 0.4) is 0 Å². The normalized spacial score (nSPS) is 19.9. The molecule has 1 aliphatic heterocycles. The zero-order valence-electron chi connectivity index (χ0n) is 11.9. The Morgan fingerprint density at radius 1 is 1.55 bits per heavy atom. The van der Waals surface area contributed by atoms with Crippen molar-refractivity contribution in [1.29, 1.82) is 0 Å². The molecule has 20 heavy (non-hydrogen) atoms. The Kier molecular flexibility index (Phi) is 5.40. The molecule has 1 unspecified atom stereocenters. The van der Waals surface area contributed by atoms with Crippen LogP contribution in [0.1, 0.15) is 18.4 Å². The number of rotatable bonds is 4. The number of nitrogens with two attached hydrogens (primary N) is 1. The number of nitrogens with one attached hydrogen (secondary N) is 1. The molecule has 3 N–H and O–H groups in total. The lowest BCUT2D eigenvalue weighted by Gasteiger charge is -2.31. The number of anilines is 1. The van der Waals surface area contributed by atoms with E-state index in [1.165, 1.54) is 6.42 Å². The van der Waals surface area contributed by atoms with Gasteiger partial charge in [-0.2, -0.15) is 0 Å². The lowest BCUT2D eigenvalue weighted by molar-refractivity contribution is -0.117. The van der Waals surface area contributed by atoms with Crippen LogP contribution in [-0.2, 0) is 4.79 Å². The first kappa shape index (κ1) is 15.3. The van der Waals surface area contributed by atoms with E-state index in [4.69, 9.17) is 17.3 Å². The second-order valence-electron chi connectivity index (χ2n) is 5.49. The number of hydrogen-bond acceptors (Lipinski definition) is 3. The summed E-state index contributed by atoms with van der Waals surface area (Å²) in [6.07, 6.45) is 2.29. The molecule has 1 aliphatic rings. The first-order chi connectivity index (χ1) is 9.58. The maximum Gasteiger partial charge on any atom is 0.238 e. The summed E-state index contributed by atoms with van der Waals surface area (Å²) in [4.78, 5) is 14.3. The Morgan fingerprint density at radius 3 is 3.05 bits per heavy atom. The third kappa shape index (κ3) is 4.20. The standard InChI is InChI=1S/C15H22ClN3O/c1-11-7-13(16)4-5-14(11)18-15(20)10-19-6-2-3-12(8-17)9-19/h4-5,7,12H,2-3,6,8-10,17H2,1H3,(H,18,20). The van der Waals surface area contributed by atoms with Crippen molar-refractivity contribution in [3.63, 3.8) is 0 Å². The fourth-order valence-corrected chi connectivity index (χ4v) is 2.87. The number of hydrogen-bond donors (Lipinski definition) is 2. The summed E-state index contributed by atoms with van der Waals surface area (Å²) in [5.41, 5.74) is 7.52. The molecule has 0 radical (unpaired) electrons. The molecular weight excluding hydrogens is 274 g/mol. The van der Waals surface area contributed by atoms with Gasteiger partial charge in [0.25, 0.3) is 0 Å². The molecule has 1 fully saturated rings. The number of likely N-dealkylation sites (tertiary alicyclic amines) is 1. The quantitative estimate of drug-likeness (QED) is 0.896. The molecule has 1 aromatic rings. The molecular formula is C15H22ClN3O. The molecule has 0 aromatic heterocycles. The van der Waals surface area contributed by atoms with Gasteiger partial charge in [-0.05, 0) is 62.5 Å². The van der Waals surface area contributed by atoms with E-state index >= 15 is 0 Å². The summed E-state index contributed by atoms with van der Waals surface area (Å²) in [6, 6.07) is 5.48. The van der Waals surface area contributed by atoms with Crippen LogP contribution < -0.4 is 11.1 Å². The number of aryl methyl sites for hydroxylation is 1. The minimum Gasteiger partial charge on any atom is -0.330 e. The summed E-state index contributed by atoms with van der Waals surface area (Å²) in [5.74, 6) is 0.543. The van der Waals surface area contributed by atoms with Gasteiger partial charge in [0.05, 0.1) is 6.54 Å². The van der Waals surface area contributed by atoms with E-state index in [0.29, 0.717) is 24.0 Å². The van der Waals surface area contributed by atoms with Gasteiger partial charge in [-0.25, -0.2) is 0 Å². The summed E-state index contributed by atoms with van der Waals surface area (Å²) in [7, 11) is 0. The van der Waals surface area contributed by atoms with Gasteiger partial charge in [0.2, 0.25) is 5.91 Å². The van der Waals surface area contributed by atoms with Crippen molar-refractivity contribution in [2.75, 3.05) is 31.5 Å². The second kappa shape index (κ2) is 7.07. The van der Waals surface area contributed by atoms with Crippen molar-refractivity contribution in [1.82, 2.24) is 4.90 Å². The number of piperidine rings is 1. The molecule has 0 spiro atoms. The predicted molar refractivity (Wildman–Crippen MR) is 83.0 cm³/mol. The van der Waals surface area contributed by atoms with Gasteiger partial charge in [0.1, 0.15) is 0 Å². The lowest BCUT2D eigenvalue weighted by atomic mass is 9.98. The monoisotopic (exact) mass is 295 g/mol. The molecule has 2 rings (SSSR count). The highest BCUT2D eigenvalue weighted by Crippen LogP contribution is 2.20. The Bertz CT molecular complexity index is 478. The molecule has 0 aliphatic carbocycles. The summed E-state index contributed by atoms with van der Waals surface area (Å²) >= 11 is 5.91. The van der Waals surface area contributed by atoms with Crippen molar-refractivity contribution in [2.24, 2.45) is 11.7 Å². The number of amides is 1. The van der Waals surface area contributed by atoms with E-state index in [9.17, 15) is 4.79 Å². The van der Waals surface area contributed by atoms with Gasteiger partial charge in [-0.1, -0.05) is 11.6 Å². The van der Waals surface area contributed by atoms with Crippen LogP contribution in [0.4, 0.5) is 5.69 Å². The van der Waals surface area contributed by atoms with E-state index < -0.39 is 0 Å². The van der Waals surface area contributed by atoms with Crippen molar-refractivity contribution < 1.29 is 4.79 Å². The van der Waals surface area contributed by atoms with Crippen LogP contribution in [-0.4, -0.2) is 37.0 Å². The number of benzene rings is 1. The fourth-order valence-electron chi connectivity index (χ4n) is 2.65. The highest BCUT2D eigenvalue weighted by atomic mass is 35.5. The first-order valence-corrected chi connectivity index (χ1v) is 7.44. The van der Waals surface area contributed by atoms with Crippen molar-refractivity contribution in [3.8, 4) is 0 Å². The third-order valence-corrected chi connectivity index (χ3v) is 4.00. The van der Waals surface area contributed by atoms with Crippen LogP contribution in [0.2, 0.25) is 5.02 Å². The van der Waals surface area contributed by atoms with E-state index in [1.54, 1.807) is 6.07 Å². The summed E-state index contributed by atoms with van der Waals surface area (Å²) < 4.78 is 0. The Balaban J connectivity index is 1.88. The molecule has 1 aromatic carbocycles. The van der Waals surface area contributed by atoms with Crippen molar-refractivity contribution >= 4 is 23.2 Å². The molecule has 1 saturated heterocycles. The van der Waals surface area contributed by atoms with Crippen molar-refractivity contribution in [2.45, 2.75) is 19.8 Å². The Hall–Kier alpha value is -1.10. The second-order valence-corrected chi connectivity index (χ2v) is 5.92. The third-order valence-electron chi connectivity index (χ3n) is 3.77. The maximum atomic E-state index is 12.1. The van der Waals surface area contributed by atoms with Gasteiger partial charge >= 0.3 is 0 Å².